The number of aromatic nitrogens is 2. The monoisotopic (exact) mass is 272 g/mol. The van der Waals surface area contributed by atoms with Crippen LogP contribution in [0.2, 0.25) is 0 Å². The van der Waals surface area contributed by atoms with E-state index in [1.807, 2.05) is 45.0 Å². The standard InChI is InChI=1S/C15H20N4O/c1-5-16-14-10(2)15(18-11(3)17-14)19-12-6-8-13(20-4)9-7-12/h6-9H,5H2,1-4H3,(H2,16,17,18,19). The normalized spacial score (nSPS) is 10.2. The fourth-order valence-electron chi connectivity index (χ4n) is 1.90. The summed E-state index contributed by atoms with van der Waals surface area (Å²) in [7, 11) is 1.66. The van der Waals surface area contributed by atoms with Gasteiger partial charge in [0.25, 0.3) is 0 Å². The molecule has 2 aromatic rings. The highest BCUT2D eigenvalue weighted by Crippen LogP contribution is 2.24. The average molecular weight is 272 g/mol. The maximum Gasteiger partial charge on any atom is 0.139 e. The van der Waals surface area contributed by atoms with Crippen LogP contribution < -0.4 is 15.4 Å². The van der Waals surface area contributed by atoms with Gasteiger partial charge in [0.2, 0.25) is 0 Å². The summed E-state index contributed by atoms with van der Waals surface area (Å²) in [6.07, 6.45) is 0. The van der Waals surface area contributed by atoms with E-state index < -0.39 is 0 Å². The van der Waals surface area contributed by atoms with Crippen LogP contribution in [0.15, 0.2) is 24.3 Å². The lowest BCUT2D eigenvalue weighted by Gasteiger charge is -2.13. The van der Waals surface area contributed by atoms with E-state index in [-0.39, 0.29) is 0 Å². The first-order valence-corrected chi connectivity index (χ1v) is 6.64. The number of methoxy groups -OCH3 is 1. The molecule has 0 fully saturated rings. The fourth-order valence-corrected chi connectivity index (χ4v) is 1.90. The summed E-state index contributed by atoms with van der Waals surface area (Å²) in [5, 5.41) is 6.57. The molecule has 0 unspecified atom stereocenters. The molecule has 5 heteroatoms. The quantitative estimate of drug-likeness (QED) is 0.874. The third-order valence-electron chi connectivity index (χ3n) is 2.95. The summed E-state index contributed by atoms with van der Waals surface area (Å²) < 4.78 is 5.15. The largest absolute Gasteiger partial charge is 0.497 e. The average Bonchev–Trinajstić information content (AvgIpc) is 2.45. The van der Waals surface area contributed by atoms with Crippen LogP contribution in [0.1, 0.15) is 18.3 Å². The Morgan fingerprint density at radius 3 is 2.30 bits per heavy atom. The number of hydrogen-bond acceptors (Lipinski definition) is 5. The van der Waals surface area contributed by atoms with E-state index in [1.54, 1.807) is 7.11 Å². The number of aryl methyl sites for hydroxylation is 1. The molecule has 5 nitrogen and oxygen atoms in total. The third-order valence-corrected chi connectivity index (χ3v) is 2.95. The van der Waals surface area contributed by atoms with Crippen molar-refractivity contribution in [3.63, 3.8) is 0 Å². The van der Waals surface area contributed by atoms with Crippen molar-refractivity contribution < 1.29 is 4.74 Å². The van der Waals surface area contributed by atoms with E-state index in [1.165, 1.54) is 0 Å². The highest BCUT2D eigenvalue weighted by atomic mass is 16.5. The molecule has 1 heterocycles. The van der Waals surface area contributed by atoms with Crippen LogP contribution in [0.4, 0.5) is 17.3 Å². The van der Waals surface area contributed by atoms with E-state index in [9.17, 15) is 0 Å². The van der Waals surface area contributed by atoms with E-state index in [0.717, 1.165) is 41.0 Å². The number of ether oxygens (including phenoxy) is 1. The molecule has 20 heavy (non-hydrogen) atoms. The number of benzene rings is 1. The van der Waals surface area contributed by atoms with Crippen molar-refractivity contribution in [2.75, 3.05) is 24.3 Å². The number of anilines is 3. The van der Waals surface area contributed by atoms with Gasteiger partial charge in [-0.3, -0.25) is 0 Å². The molecule has 0 aliphatic rings. The van der Waals surface area contributed by atoms with Crippen molar-refractivity contribution in [3.05, 3.63) is 35.7 Å². The maximum atomic E-state index is 5.15. The molecule has 2 N–H and O–H groups in total. The van der Waals surface area contributed by atoms with Gasteiger partial charge in [-0.1, -0.05) is 0 Å². The molecule has 0 atom stereocenters. The van der Waals surface area contributed by atoms with Gasteiger partial charge in [0.05, 0.1) is 7.11 Å². The van der Waals surface area contributed by atoms with E-state index >= 15 is 0 Å². The molecule has 0 radical (unpaired) electrons. The Morgan fingerprint density at radius 2 is 1.70 bits per heavy atom. The van der Waals surface area contributed by atoms with Crippen molar-refractivity contribution >= 4 is 17.3 Å². The molecule has 0 bridgehead atoms. The second-order valence-electron chi connectivity index (χ2n) is 4.48. The second kappa shape index (κ2) is 6.23. The Labute approximate surface area is 119 Å². The van der Waals surface area contributed by atoms with E-state index in [2.05, 4.69) is 20.6 Å². The van der Waals surface area contributed by atoms with Crippen LogP contribution >= 0.6 is 0 Å². The Morgan fingerprint density at radius 1 is 1.05 bits per heavy atom. The summed E-state index contributed by atoms with van der Waals surface area (Å²) in [5.41, 5.74) is 1.97. The van der Waals surface area contributed by atoms with Gasteiger partial charge in [-0.25, -0.2) is 9.97 Å². The van der Waals surface area contributed by atoms with Crippen molar-refractivity contribution in [1.29, 1.82) is 0 Å². The van der Waals surface area contributed by atoms with Gasteiger partial charge in [0, 0.05) is 17.8 Å². The smallest absolute Gasteiger partial charge is 0.139 e. The van der Waals surface area contributed by atoms with Gasteiger partial charge in [0.15, 0.2) is 0 Å². The highest BCUT2D eigenvalue weighted by Gasteiger charge is 2.08. The predicted octanol–water partition coefficient (Wildman–Crippen LogP) is 3.28. The molecule has 0 saturated heterocycles. The van der Waals surface area contributed by atoms with Gasteiger partial charge in [-0.15, -0.1) is 0 Å². The van der Waals surface area contributed by atoms with Crippen molar-refractivity contribution in [3.8, 4) is 5.75 Å². The summed E-state index contributed by atoms with van der Waals surface area (Å²) >= 11 is 0. The number of nitrogens with one attached hydrogen (secondary N) is 2. The first-order chi connectivity index (χ1) is 9.63. The van der Waals surface area contributed by atoms with E-state index in [0.29, 0.717) is 0 Å². The molecule has 0 aliphatic carbocycles. The lowest BCUT2D eigenvalue weighted by atomic mass is 10.2. The van der Waals surface area contributed by atoms with Crippen LogP contribution in [0.25, 0.3) is 0 Å². The van der Waals surface area contributed by atoms with Crippen LogP contribution in [-0.2, 0) is 0 Å². The molecule has 0 amide bonds. The zero-order chi connectivity index (χ0) is 14.5. The Hall–Kier alpha value is -2.30. The summed E-state index contributed by atoms with van der Waals surface area (Å²) in [6, 6.07) is 7.75. The second-order valence-corrected chi connectivity index (χ2v) is 4.48. The molecule has 0 spiro atoms. The summed E-state index contributed by atoms with van der Waals surface area (Å²) in [5.74, 6) is 3.26. The molecule has 2 rings (SSSR count). The van der Waals surface area contributed by atoms with Crippen LogP contribution in [0.5, 0.6) is 5.75 Å². The summed E-state index contributed by atoms with van der Waals surface area (Å²) in [4.78, 5) is 8.87. The predicted molar refractivity (Wildman–Crippen MR) is 81.9 cm³/mol. The fraction of sp³-hybridized carbons (Fsp3) is 0.333. The zero-order valence-corrected chi connectivity index (χ0v) is 12.3. The van der Waals surface area contributed by atoms with Crippen LogP contribution in [-0.4, -0.2) is 23.6 Å². The van der Waals surface area contributed by atoms with Gasteiger partial charge in [0.1, 0.15) is 23.2 Å². The first kappa shape index (κ1) is 14.1. The van der Waals surface area contributed by atoms with Crippen molar-refractivity contribution in [1.82, 2.24) is 9.97 Å². The van der Waals surface area contributed by atoms with Crippen LogP contribution in [0.3, 0.4) is 0 Å². The third kappa shape index (κ3) is 3.17. The zero-order valence-electron chi connectivity index (χ0n) is 12.3. The topological polar surface area (TPSA) is 59.1 Å². The molecular formula is C15H20N4O. The molecule has 1 aromatic carbocycles. The number of rotatable bonds is 5. The SMILES string of the molecule is CCNc1nc(C)nc(Nc2ccc(OC)cc2)c1C. The first-order valence-electron chi connectivity index (χ1n) is 6.64. The van der Waals surface area contributed by atoms with Gasteiger partial charge in [-0.05, 0) is 45.0 Å². The van der Waals surface area contributed by atoms with Gasteiger partial charge in [-0.2, -0.15) is 0 Å². The van der Waals surface area contributed by atoms with Crippen molar-refractivity contribution in [2.24, 2.45) is 0 Å². The lowest BCUT2D eigenvalue weighted by Crippen LogP contribution is -2.07. The minimum Gasteiger partial charge on any atom is -0.497 e. The number of hydrogen-bond donors (Lipinski definition) is 2. The van der Waals surface area contributed by atoms with Gasteiger partial charge < -0.3 is 15.4 Å². The minimum atomic E-state index is 0.738. The lowest BCUT2D eigenvalue weighted by molar-refractivity contribution is 0.415. The molecule has 0 saturated carbocycles. The van der Waals surface area contributed by atoms with Gasteiger partial charge >= 0.3 is 0 Å². The Bertz CT molecular complexity index is 581. The van der Waals surface area contributed by atoms with Crippen molar-refractivity contribution in [2.45, 2.75) is 20.8 Å². The minimum absolute atomic E-state index is 0.738. The molecular weight excluding hydrogens is 252 g/mol. The Kier molecular flexibility index (Phi) is 4.40. The number of nitrogens with zero attached hydrogens (tertiary/aromatic N) is 2. The van der Waals surface area contributed by atoms with E-state index in [4.69, 9.17) is 4.74 Å². The summed E-state index contributed by atoms with van der Waals surface area (Å²) in [6.45, 7) is 6.77. The highest BCUT2D eigenvalue weighted by molar-refractivity contribution is 5.65. The molecule has 1 aromatic heterocycles. The Balaban J connectivity index is 2.27. The molecule has 0 aliphatic heterocycles. The van der Waals surface area contributed by atoms with Crippen LogP contribution in [0, 0.1) is 13.8 Å². The molecule has 106 valence electrons. The maximum absolute atomic E-state index is 5.15.